The van der Waals surface area contributed by atoms with E-state index in [4.69, 9.17) is 4.74 Å². The molecular weight excluding hydrogens is 292 g/mol. The summed E-state index contributed by atoms with van der Waals surface area (Å²) in [6, 6.07) is 0.407. The number of amides is 1. The highest BCUT2D eigenvalue weighted by Crippen LogP contribution is 2.11. The summed E-state index contributed by atoms with van der Waals surface area (Å²) in [4.78, 5) is 17.8. The molecule has 0 spiro atoms. The number of nitrogens with zero attached hydrogens (tertiary/aromatic N) is 3. The van der Waals surface area contributed by atoms with Gasteiger partial charge in [0, 0.05) is 32.4 Å². The van der Waals surface area contributed by atoms with Crippen molar-refractivity contribution in [2.45, 2.75) is 59.7 Å². The predicted octanol–water partition coefficient (Wildman–Crippen LogP) is 3.06. The fourth-order valence-electron chi connectivity index (χ4n) is 2.33. The lowest BCUT2D eigenvalue weighted by atomic mass is 10.1. The molecule has 1 atom stereocenters. The first kappa shape index (κ1) is 19.5. The first-order valence-electron chi connectivity index (χ1n) is 8.25. The highest BCUT2D eigenvalue weighted by atomic mass is 16.6. The van der Waals surface area contributed by atoms with E-state index in [2.05, 4.69) is 35.6 Å². The first-order valence-corrected chi connectivity index (χ1v) is 8.25. The Morgan fingerprint density at radius 3 is 2.61 bits per heavy atom. The zero-order chi connectivity index (χ0) is 17.6. The van der Waals surface area contributed by atoms with Crippen LogP contribution in [0, 0.1) is 5.92 Å². The van der Waals surface area contributed by atoms with Gasteiger partial charge < -0.3 is 19.5 Å². The zero-order valence-corrected chi connectivity index (χ0v) is 15.6. The van der Waals surface area contributed by atoms with Gasteiger partial charge in [0.25, 0.3) is 0 Å². The maximum absolute atomic E-state index is 11.9. The van der Waals surface area contributed by atoms with Gasteiger partial charge in [-0.3, -0.25) is 0 Å². The molecule has 0 bridgehead atoms. The van der Waals surface area contributed by atoms with Crippen LogP contribution in [0.25, 0.3) is 0 Å². The largest absolute Gasteiger partial charge is 0.444 e. The number of carbonyl (C=O) groups excluding carboxylic acids is 1. The molecule has 1 N–H and O–H groups in total. The normalized spacial score (nSPS) is 13.2. The van der Waals surface area contributed by atoms with Crippen molar-refractivity contribution in [1.82, 2.24) is 19.8 Å². The van der Waals surface area contributed by atoms with Crippen molar-refractivity contribution in [2.24, 2.45) is 5.92 Å². The Morgan fingerprint density at radius 2 is 2.04 bits per heavy atom. The Bertz CT molecular complexity index is 491. The van der Waals surface area contributed by atoms with Crippen molar-refractivity contribution in [3.05, 3.63) is 18.2 Å². The Kier molecular flexibility index (Phi) is 7.06. The second kappa shape index (κ2) is 8.34. The molecule has 1 unspecified atom stereocenters. The quantitative estimate of drug-likeness (QED) is 0.837. The minimum Gasteiger partial charge on any atom is -0.444 e. The molecule has 1 heterocycles. The summed E-state index contributed by atoms with van der Waals surface area (Å²) in [6.45, 7) is 14.3. The van der Waals surface area contributed by atoms with Crippen LogP contribution in [0.1, 0.15) is 53.3 Å². The molecule has 0 aliphatic rings. The average Bonchev–Trinajstić information content (AvgIpc) is 2.85. The van der Waals surface area contributed by atoms with E-state index in [1.807, 2.05) is 33.3 Å². The van der Waals surface area contributed by atoms with Gasteiger partial charge in [-0.25, -0.2) is 9.78 Å². The van der Waals surface area contributed by atoms with Crippen LogP contribution in [0.4, 0.5) is 4.79 Å². The number of carbonyl (C=O) groups is 1. The van der Waals surface area contributed by atoms with E-state index in [0.717, 1.165) is 13.1 Å². The van der Waals surface area contributed by atoms with Gasteiger partial charge >= 0.3 is 6.09 Å². The molecule has 1 aromatic rings. The summed E-state index contributed by atoms with van der Waals surface area (Å²) in [6.07, 6.45) is 3.48. The monoisotopic (exact) mass is 324 g/mol. The molecule has 1 aromatic heterocycles. The Labute approximate surface area is 140 Å². The van der Waals surface area contributed by atoms with Crippen LogP contribution >= 0.6 is 0 Å². The van der Waals surface area contributed by atoms with Crippen LogP contribution in [0.5, 0.6) is 0 Å². The van der Waals surface area contributed by atoms with Gasteiger partial charge in [0.1, 0.15) is 5.60 Å². The van der Waals surface area contributed by atoms with Gasteiger partial charge in [-0.15, -0.1) is 0 Å². The molecule has 0 aliphatic carbocycles. The molecule has 6 heteroatoms. The number of hydrogen-bond donors (Lipinski definition) is 1. The molecule has 0 saturated carbocycles. The molecular formula is C17H32N4O2. The fraction of sp³-hybridized carbons (Fsp3) is 0.765. The van der Waals surface area contributed by atoms with E-state index in [1.165, 1.54) is 5.69 Å². The van der Waals surface area contributed by atoms with Crippen LogP contribution in [0.15, 0.2) is 12.5 Å². The van der Waals surface area contributed by atoms with Gasteiger partial charge in [0.05, 0.1) is 12.0 Å². The lowest BCUT2D eigenvalue weighted by Crippen LogP contribution is -2.38. The van der Waals surface area contributed by atoms with Gasteiger partial charge in [0.15, 0.2) is 0 Å². The summed E-state index contributed by atoms with van der Waals surface area (Å²) in [5.41, 5.74) is 0.718. The van der Waals surface area contributed by atoms with Crippen molar-refractivity contribution >= 4 is 6.09 Å². The fourth-order valence-corrected chi connectivity index (χ4v) is 2.33. The molecule has 0 saturated heterocycles. The Hall–Kier alpha value is -1.56. The summed E-state index contributed by atoms with van der Waals surface area (Å²) >= 11 is 0. The first-order chi connectivity index (χ1) is 10.6. The molecule has 0 fully saturated rings. The third kappa shape index (κ3) is 7.03. The molecule has 132 valence electrons. The molecule has 23 heavy (non-hydrogen) atoms. The lowest BCUT2D eigenvalue weighted by Gasteiger charge is -2.26. The molecule has 0 aromatic carbocycles. The maximum Gasteiger partial charge on any atom is 0.410 e. The topological polar surface area (TPSA) is 59.4 Å². The third-order valence-corrected chi connectivity index (χ3v) is 3.39. The summed E-state index contributed by atoms with van der Waals surface area (Å²) in [5.74, 6) is 0.336. The van der Waals surface area contributed by atoms with E-state index in [-0.39, 0.29) is 6.09 Å². The maximum atomic E-state index is 11.9. The van der Waals surface area contributed by atoms with Crippen LogP contribution in [0.3, 0.4) is 0 Å². The van der Waals surface area contributed by atoms with Crippen LogP contribution < -0.4 is 5.32 Å². The molecule has 1 rings (SSSR count). The smallest absolute Gasteiger partial charge is 0.410 e. The summed E-state index contributed by atoms with van der Waals surface area (Å²) in [7, 11) is 1.78. The number of aromatic nitrogens is 2. The van der Waals surface area contributed by atoms with E-state index >= 15 is 0 Å². The molecule has 1 amide bonds. The second-order valence-corrected chi connectivity index (χ2v) is 7.48. The minimum absolute atomic E-state index is 0.276. The van der Waals surface area contributed by atoms with Gasteiger partial charge in [-0.05, 0) is 47.1 Å². The number of ether oxygens (including phenoxy) is 1. The van der Waals surface area contributed by atoms with E-state index in [0.29, 0.717) is 18.5 Å². The summed E-state index contributed by atoms with van der Waals surface area (Å²) in [5, 5.41) is 3.44. The number of hydrogen-bond acceptors (Lipinski definition) is 4. The van der Waals surface area contributed by atoms with Gasteiger partial charge in [0.2, 0.25) is 0 Å². The SMILES string of the molecule is CC(CNCc1cncn1C(C)C)CN(C)C(=O)OC(C)(C)C. The lowest BCUT2D eigenvalue weighted by molar-refractivity contribution is 0.0277. The Morgan fingerprint density at radius 1 is 1.39 bits per heavy atom. The van der Waals surface area contributed by atoms with Crippen molar-refractivity contribution in [1.29, 1.82) is 0 Å². The van der Waals surface area contributed by atoms with Gasteiger partial charge in [-0.2, -0.15) is 0 Å². The molecule has 0 radical (unpaired) electrons. The van der Waals surface area contributed by atoms with Crippen molar-refractivity contribution < 1.29 is 9.53 Å². The van der Waals surface area contributed by atoms with E-state index < -0.39 is 5.60 Å². The van der Waals surface area contributed by atoms with Crippen molar-refractivity contribution in [3.63, 3.8) is 0 Å². The summed E-state index contributed by atoms with van der Waals surface area (Å²) < 4.78 is 7.52. The zero-order valence-electron chi connectivity index (χ0n) is 15.6. The average molecular weight is 324 g/mol. The highest BCUT2D eigenvalue weighted by molar-refractivity contribution is 5.67. The van der Waals surface area contributed by atoms with Crippen LogP contribution in [-0.4, -0.2) is 46.3 Å². The van der Waals surface area contributed by atoms with Crippen molar-refractivity contribution in [2.75, 3.05) is 20.1 Å². The Balaban J connectivity index is 2.35. The highest BCUT2D eigenvalue weighted by Gasteiger charge is 2.20. The van der Waals surface area contributed by atoms with E-state index in [9.17, 15) is 4.79 Å². The number of nitrogens with one attached hydrogen (secondary N) is 1. The van der Waals surface area contributed by atoms with Crippen LogP contribution in [0.2, 0.25) is 0 Å². The third-order valence-electron chi connectivity index (χ3n) is 3.39. The molecule has 6 nitrogen and oxygen atoms in total. The minimum atomic E-state index is -0.456. The van der Waals surface area contributed by atoms with E-state index in [1.54, 1.807) is 11.9 Å². The van der Waals surface area contributed by atoms with Gasteiger partial charge in [-0.1, -0.05) is 6.92 Å². The number of rotatable bonds is 7. The van der Waals surface area contributed by atoms with Crippen LogP contribution in [-0.2, 0) is 11.3 Å². The predicted molar refractivity (Wildman–Crippen MR) is 92.3 cm³/mol. The second-order valence-electron chi connectivity index (χ2n) is 7.48. The molecule has 0 aliphatic heterocycles. The standard InChI is InChI=1S/C17H32N4O2/c1-13(2)21-12-19-10-15(21)9-18-8-14(3)11-20(7)16(22)23-17(4,5)6/h10,12-14,18H,8-9,11H2,1-7H3. The number of imidazole rings is 1. The van der Waals surface area contributed by atoms with Crippen molar-refractivity contribution in [3.8, 4) is 0 Å².